The third kappa shape index (κ3) is 2.98. The van der Waals surface area contributed by atoms with Crippen LogP contribution < -0.4 is 5.43 Å². The summed E-state index contributed by atoms with van der Waals surface area (Å²) in [5, 5.41) is 19.4. The van der Waals surface area contributed by atoms with Gasteiger partial charge in [-0.3, -0.25) is 14.5 Å². The van der Waals surface area contributed by atoms with Crippen molar-refractivity contribution >= 4 is 11.9 Å². The highest BCUT2D eigenvalue weighted by Gasteiger charge is 2.40. The average molecular weight is 363 g/mol. The van der Waals surface area contributed by atoms with Crippen LogP contribution in [-0.2, 0) is 6.54 Å². The molecule has 142 valence electrons. The highest BCUT2D eigenvalue weighted by molar-refractivity contribution is 5.97. The molecule has 1 fully saturated rings. The van der Waals surface area contributed by atoms with Gasteiger partial charge in [0.25, 0.3) is 5.91 Å². The maximum Gasteiger partial charge on any atom is 0.341 e. The molecule has 1 aromatic rings. The van der Waals surface area contributed by atoms with Gasteiger partial charge in [-0.1, -0.05) is 26.7 Å². The van der Waals surface area contributed by atoms with Gasteiger partial charge in [0.2, 0.25) is 5.43 Å². The second kappa shape index (κ2) is 7.11. The molecule has 2 aliphatic heterocycles. The largest absolute Gasteiger partial charge is 0.503 e. The fourth-order valence-electron chi connectivity index (χ4n) is 3.96. The van der Waals surface area contributed by atoms with E-state index in [0.717, 1.165) is 32.4 Å². The molecule has 8 nitrogen and oxygen atoms in total. The van der Waals surface area contributed by atoms with Crippen LogP contribution in [0.1, 0.15) is 54.0 Å². The SMILES string of the molecule is CCC(CC)CN1CCCN2C(=O)c3c(O)c(=O)c(C(=O)O)cn3CC12. The topological polar surface area (TPSA) is 103 Å². The van der Waals surface area contributed by atoms with Gasteiger partial charge in [-0.15, -0.1) is 0 Å². The van der Waals surface area contributed by atoms with E-state index in [1.54, 1.807) is 4.90 Å². The summed E-state index contributed by atoms with van der Waals surface area (Å²) in [7, 11) is 0. The standard InChI is InChI=1S/C18H25N3O5/c1-3-11(4-2)8-19-6-5-7-21-13(19)10-20-9-12(18(25)26)15(22)16(23)14(20)17(21)24/h9,11,13,23H,3-8,10H2,1-2H3,(H,25,26). The molecule has 0 saturated carbocycles. The second-order valence-electron chi connectivity index (χ2n) is 7.04. The summed E-state index contributed by atoms with van der Waals surface area (Å²) in [4.78, 5) is 40.2. The Morgan fingerprint density at radius 3 is 2.58 bits per heavy atom. The predicted octanol–water partition coefficient (Wildman–Crippen LogP) is 1.18. The minimum Gasteiger partial charge on any atom is -0.503 e. The number of carbonyl (C=O) groups is 2. The third-order valence-electron chi connectivity index (χ3n) is 5.58. The molecule has 0 aliphatic carbocycles. The Labute approximate surface area is 151 Å². The van der Waals surface area contributed by atoms with E-state index in [1.165, 1.54) is 10.8 Å². The van der Waals surface area contributed by atoms with E-state index in [1.807, 2.05) is 0 Å². The zero-order valence-corrected chi connectivity index (χ0v) is 15.1. The van der Waals surface area contributed by atoms with Gasteiger partial charge in [0, 0.05) is 25.8 Å². The Balaban J connectivity index is 2.00. The summed E-state index contributed by atoms with van der Waals surface area (Å²) in [6.07, 6.45) is 3.94. The first kappa shape index (κ1) is 18.4. The number of hydrogen-bond donors (Lipinski definition) is 2. The molecule has 0 aromatic carbocycles. The van der Waals surface area contributed by atoms with Crippen LogP contribution in [0, 0.1) is 5.92 Å². The number of carbonyl (C=O) groups excluding carboxylic acids is 1. The van der Waals surface area contributed by atoms with E-state index in [-0.39, 0.29) is 11.9 Å². The third-order valence-corrected chi connectivity index (χ3v) is 5.58. The number of aromatic carboxylic acids is 1. The van der Waals surface area contributed by atoms with Gasteiger partial charge in [-0.2, -0.15) is 0 Å². The van der Waals surface area contributed by atoms with Crippen molar-refractivity contribution in [1.29, 1.82) is 0 Å². The molecule has 0 spiro atoms. The molecule has 1 unspecified atom stereocenters. The van der Waals surface area contributed by atoms with E-state index < -0.39 is 28.6 Å². The number of rotatable bonds is 5. The number of aromatic nitrogens is 1. The van der Waals surface area contributed by atoms with Crippen LogP contribution in [0.3, 0.4) is 0 Å². The van der Waals surface area contributed by atoms with Crippen molar-refractivity contribution in [1.82, 2.24) is 14.4 Å². The Kier molecular flexibility index (Phi) is 5.04. The molecule has 8 heteroatoms. The van der Waals surface area contributed by atoms with E-state index in [4.69, 9.17) is 0 Å². The summed E-state index contributed by atoms with van der Waals surface area (Å²) in [5.74, 6) is -2.07. The lowest BCUT2D eigenvalue weighted by molar-refractivity contribution is -0.0169. The number of pyridine rings is 1. The lowest BCUT2D eigenvalue weighted by Gasteiger charge is -2.48. The van der Waals surface area contributed by atoms with Crippen LogP contribution >= 0.6 is 0 Å². The summed E-state index contributed by atoms with van der Waals surface area (Å²) in [5.41, 5.74) is -1.64. The lowest BCUT2D eigenvalue weighted by atomic mass is 10.0. The van der Waals surface area contributed by atoms with Gasteiger partial charge in [0.15, 0.2) is 11.4 Å². The molecule has 2 aliphatic rings. The number of aromatic hydroxyl groups is 1. The predicted molar refractivity (Wildman–Crippen MR) is 94.4 cm³/mol. The van der Waals surface area contributed by atoms with E-state index in [2.05, 4.69) is 18.7 Å². The number of fused-ring (bicyclic) bond motifs is 2. The molecule has 2 N–H and O–H groups in total. The van der Waals surface area contributed by atoms with Gasteiger partial charge >= 0.3 is 5.97 Å². The van der Waals surface area contributed by atoms with Crippen LogP contribution in [0.2, 0.25) is 0 Å². The zero-order valence-electron chi connectivity index (χ0n) is 15.1. The highest BCUT2D eigenvalue weighted by atomic mass is 16.4. The number of hydrogen-bond acceptors (Lipinski definition) is 5. The fourth-order valence-corrected chi connectivity index (χ4v) is 3.96. The van der Waals surface area contributed by atoms with Crippen LogP contribution in [0.4, 0.5) is 0 Å². The summed E-state index contributed by atoms with van der Waals surface area (Å²) in [6.45, 7) is 6.96. The highest BCUT2D eigenvalue weighted by Crippen LogP contribution is 2.29. The monoisotopic (exact) mass is 363 g/mol. The molecule has 1 saturated heterocycles. The van der Waals surface area contributed by atoms with Gasteiger partial charge < -0.3 is 19.7 Å². The van der Waals surface area contributed by atoms with Crippen molar-refractivity contribution in [3.63, 3.8) is 0 Å². The van der Waals surface area contributed by atoms with Crippen molar-refractivity contribution in [2.24, 2.45) is 5.92 Å². The maximum atomic E-state index is 12.9. The normalized spacial score (nSPS) is 20.2. The molecule has 0 bridgehead atoms. The zero-order chi connectivity index (χ0) is 19.0. The quantitative estimate of drug-likeness (QED) is 0.814. The van der Waals surface area contributed by atoms with Crippen molar-refractivity contribution in [3.05, 3.63) is 27.7 Å². The molecule has 3 rings (SSSR count). The Bertz CT molecular complexity index is 784. The summed E-state index contributed by atoms with van der Waals surface area (Å²) < 4.78 is 1.43. The number of carboxylic acid groups (broad SMARTS) is 1. The molecule has 1 atom stereocenters. The number of nitrogens with zero attached hydrogens (tertiary/aromatic N) is 3. The van der Waals surface area contributed by atoms with Crippen molar-refractivity contribution < 1.29 is 19.8 Å². The molecule has 1 amide bonds. The molecule has 1 aromatic heterocycles. The van der Waals surface area contributed by atoms with Crippen LogP contribution in [-0.4, -0.2) is 62.3 Å². The van der Waals surface area contributed by atoms with Crippen LogP contribution in [0.25, 0.3) is 0 Å². The lowest BCUT2D eigenvalue weighted by Crippen LogP contribution is -2.61. The average Bonchev–Trinajstić information content (AvgIpc) is 2.62. The molecular formula is C18H25N3O5. The first-order valence-electron chi connectivity index (χ1n) is 9.13. The number of amides is 1. The fraction of sp³-hybridized carbons (Fsp3) is 0.611. The van der Waals surface area contributed by atoms with Crippen LogP contribution in [0.15, 0.2) is 11.0 Å². The van der Waals surface area contributed by atoms with Gasteiger partial charge in [-0.05, 0) is 12.3 Å². The van der Waals surface area contributed by atoms with Crippen molar-refractivity contribution in [3.8, 4) is 5.75 Å². The van der Waals surface area contributed by atoms with E-state index >= 15 is 0 Å². The smallest absolute Gasteiger partial charge is 0.341 e. The van der Waals surface area contributed by atoms with E-state index in [9.17, 15) is 24.6 Å². The van der Waals surface area contributed by atoms with E-state index in [0.29, 0.717) is 19.0 Å². The molecular weight excluding hydrogens is 338 g/mol. The first-order valence-corrected chi connectivity index (χ1v) is 9.13. The minimum atomic E-state index is -1.41. The molecule has 26 heavy (non-hydrogen) atoms. The van der Waals surface area contributed by atoms with Crippen molar-refractivity contribution in [2.45, 2.75) is 45.8 Å². The van der Waals surface area contributed by atoms with Gasteiger partial charge in [0.05, 0.1) is 6.54 Å². The minimum absolute atomic E-state index is 0.111. The van der Waals surface area contributed by atoms with Gasteiger partial charge in [-0.25, -0.2) is 4.79 Å². The Hall–Kier alpha value is -2.35. The summed E-state index contributed by atoms with van der Waals surface area (Å²) >= 11 is 0. The number of carboxylic acids is 1. The first-order chi connectivity index (χ1) is 12.4. The van der Waals surface area contributed by atoms with Crippen molar-refractivity contribution in [2.75, 3.05) is 19.6 Å². The summed E-state index contributed by atoms with van der Waals surface area (Å²) in [6, 6.07) is 0. The van der Waals surface area contributed by atoms with Gasteiger partial charge in [0.1, 0.15) is 11.7 Å². The molecule has 0 radical (unpaired) electrons. The van der Waals surface area contributed by atoms with Crippen LogP contribution in [0.5, 0.6) is 5.75 Å². The molecule has 3 heterocycles. The Morgan fingerprint density at radius 1 is 1.27 bits per heavy atom. The Morgan fingerprint density at radius 2 is 1.96 bits per heavy atom. The second-order valence-corrected chi connectivity index (χ2v) is 7.04. The maximum absolute atomic E-state index is 12.9.